The van der Waals surface area contributed by atoms with Gasteiger partial charge in [-0.25, -0.2) is 9.59 Å². The number of hydrogen-bond acceptors (Lipinski definition) is 3. The van der Waals surface area contributed by atoms with Crippen LogP contribution >= 0.6 is 0 Å². The lowest BCUT2D eigenvalue weighted by Gasteiger charge is -2.09. The van der Waals surface area contributed by atoms with Crippen molar-refractivity contribution in [2.45, 2.75) is 6.92 Å². The van der Waals surface area contributed by atoms with Gasteiger partial charge < -0.3 is 15.7 Å². The zero-order valence-electron chi connectivity index (χ0n) is 11.0. The minimum atomic E-state index is -1.09. The number of urea groups is 1. The van der Waals surface area contributed by atoms with Crippen molar-refractivity contribution < 1.29 is 14.7 Å². The first-order valence-corrected chi connectivity index (χ1v) is 5.86. The molecule has 0 unspecified atom stereocenters. The van der Waals surface area contributed by atoms with Gasteiger partial charge in [0, 0.05) is 13.2 Å². The Hall–Kier alpha value is -2.83. The van der Waals surface area contributed by atoms with Gasteiger partial charge in [0.25, 0.3) is 0 Å². The summed E-state index contributed by atoms with van der Waals surface area (Å²) in [6.07, 6.45) is 3.12. The summed E-state index contributed by atoms with van der Waals surface area (Å²) in [6.45, 7) is 1.78. The minimum Gasteiger partial charge on any atom is -0.478 e. The Morgan fingerprint density at radius 2 is 2.05 bits per heavy atom. The van der Waals surface area contributed by atoms with Crippen molar-refractivity contribution in [1.82, 2.24) is 9.78 Å². The van der Waals surface area contributed by atoms with Crippen LogP contribution in [0.25, 0.3) is 0 Å². The van der Waals surface area contributed by atoms with Crippen LogP contribution in [-0.2, 0) is 7.05 Å². The molecule has 0 saturated heterocycles. The number of aromatic carboxylic acids is 1. The van der Waals surface area contributed by atoms with Gasteiger partial charge >= 0.3 is 12.0 Å². The summed E-state index contributed by atoms with van der Waals surface area (Å²) < 4.78 is 1.55. The number of benzene rings is 1. The third kappa shape index (κ3) is 3.14. The lowest BCUT2D eigenvalue weighted by Crippen LogP contribution is -2.20. The fourth-order valence-corrected chi connectivity index (χ4v) is 1.71. The van der Waals surface area contributed by atoms with E-state index >= 15 is 0 Å². The van der Waals surface area contributed by atoms with E-state index in [0.29, 0.717) is 5.69 Å². The molecule has 2 amide bonds. The molecule has 104 valence electrons. The molecular weight excluding hydrogens is 260 g/mol. The van der Waals surface area contributed by atoms with E-state index in [1.165, 1.54) is 12.3 Å². The third-order valence-corrected chi connectivity index (χ3v) is 2.62. The zero-order chi connectivity index (χ0) is 14.7. The first kappa shape index (κ1) is 13.6. The second-order valence-corrected chi connectivity index (χ2v) is 4.34. The molecular formula is C13H14N4O3. The molecule has 0 spiro atoms. The van der Waals surface area contributed by atoms with Crippen molar-refractivity contribution >= 4 is 23.4 Å². The van der Waals surface area contributed by atoms with Gasteiger partial charge in [-0.3, -0.25) is 4.68 Å². The van der Waals surface area contributed by atoms with E-state index in [4.69, 9.17) is 5.11 Å². The first-order chi connectivity index (χ1) is 9.45. The number of carbonyl (C=O) groups excluding carboxylic acids is 1. The number of anilines is 2. The molecule has 0 aliphatic rings. The van der Waals surface area contributed by atoms with Crippen LogP contribution in [0.1, 0.15) is 15.9 Å². The molecule has 7 heteroatoms. The number of amides is 2. The van der Waals surface area contributed by atoms with E-state index in [-0.39, 0.29) is 11.3 Å². The molecule has 0 radical (unpaired) electrons. The normalized spacial score (nSPS) is 10.1. The van der Waals surface area contributed by atoms with Crippen molar-refractivity contribution in [3.63, 3.8) is 0 Å². The van der Waals surface area contributed by atoms with Gasteiger partial charge in [-0.2, -0.15) is 5.10 Å². The monoisotopic (exact) mass is 274 g/mol. The number of aromatic nitrogens is 2. The van der Waals surface area contributed by atoms with Crippen LogP contribution < -0.4 is 10.6 Å². The van der Waals surface area contributed by atoms with Crippen molar-refractivity contribution in [3.05, 3.63) is 41.7 Å². The summed E-state index contributed by atoms with van der Waals surface area (Å²) in [7, 11) is 1.73. The molecule has 3 N–H and O–H groups in total. The number of nitrogens with one attached hydrogen (secondary N) is 2. The highest BCUT2D eigenvalue weighted by atomic mass is 16.4. The topological polar surface area (TPSA) is 96.3 Å². The van der Waals surface area contributed by atoms with E-state index in [9.17, 15) is 9.59 Å². The minimum absolute atomic E-state index is 0.0475. The highest BCUT2D eigenvalue weighted by Gasteiger charge is 2.13. The molecule has 2 aromatic rings. The molecule has 7 nitrogen and oxygen atoms in total. The van der Waals surface area contributed by atoms with E-state index < -0.39 is 12.0 Å². The second kappa shape index (κ2) is 5.43. The second-order valence-electron chi connectivity index (χ2n) is 4.34. The van der Waals surface area contributed by atoms with Crippen LogP contribution in [-0.4, -0.2) is 26.9 Å². The molecule has 0 saturated carbocycles. The molecule has 1 aromatic carbocycles. The Kier molecular flexibility index (Phi) is 3.69. The summed E-state index contributed by atoms with van der Waals surface area (Å²) in [6, 6.07) is 4.26. The number of carboxylic acids is 1. The quantitative estimate of drug-likeness (QED) is 0.798. The summed E-state index contributed by atoms with van der Waals surface area (Å²) in [5.74, 6) is -1.09. The Morgan fingerprint density at radius 1 is 1.30 bits per heavy atom. The fraction of sp³-hybridized carbons (Fsp3) is 0.154. The fourth-order valence-electron chi connectivity index (χ4n) is 1.71. The number of aryl methyl sites for hydroxylation is 2. The van der Waals surface area contributed by atoms with Gasteiger partial charge in [0.05, 0.1) is 23.1 Å². The van der Waals surface area contributed by atoms with Crippen LogP contribution in [0, 0.1) is 6.92 Å². The molecule has 1 aromatic heterocycles. The average Bonchev–Trinajstić information content (AvgIpc) is 2.76. The lowest BCUT2D eigenvalue weighted by molar-refractivity contribution is 0.0698. The molecule has 0 fully saturated rings. The maximum atomic E-state index is 11.8. The summed E-state index contributed by atoms with van der Waals surface area (Å²) >= 11 is 0. The first-order valence-electron chi connectivity index (χ1n) is 5.86. The number of nitrogens with zero attached hydrogens (tertiary/aromatic N) is 2. The highest BCUT2D eigenvalue weighted by molar-refractivity contribution is 6.04. The van der Waals surface area contributed by atoms with Gasteiger partial charge in [0.2, 0.25) is 0 Å². The third-order valence-electron chi connectivity index (χ3n) is 2.62. The van der Waals surface area contributed by atoms with Crippen molar-refractivity contribution in [3.8, 4) is 0 Å². The average molecular weight is 274 g/mol. The number of carboxylic acid groups (broad SMARTS) is 1. The SMILES string of the molecule is Cc1ccc(NC(=O)Nc2cnn(C)c2)c(C(=O)O)c1. The largest absolute Gasteiger partial charge is 0.478 e. The predicted molar refractivity (Wildman–Crippen MR) is 74.0 cm³/mol. The van der Waals surface area contributed by atoms with Gasteiger partial charge in [-0.05, 0) is 19.1 Å². The Labute approximate surface area is 115 Å². The summed E-state index contributed by atoms with van der Waals surface area (Å²) in [5, 5.41) is 18.1. The Bertz CT molecular complexity index is 663. The van der Waals surface area contributed by atoms with Crippen LogP contribution in [0.15, 0.2) is 30.6 Å². The molecule has 0 atom stereocenters. The van der Waals surface area contributed by atoms with Crippen LogP contribution in [0.3, 0.4) is 0 Å². The maximum Gasteiger partial charge on any atom is 0.337 e. The van der Waals surface area contributed by atoms with Gasteiger partial charge in [-0.1, -0.05) is 11.6 Å². The standard InChI is InChI=1S/C13H14N4O3/c1-8-3-4-11(10(5-8)12(18)19)16-13(20)15-9-6-14-17(2)7-9/h3-7H,1-2H3,(H,18,19)(H2,15,16,20). The lowest BCUT2D eigenvalue weighted by atomic mass is 10.1. The molecule has 0 bridgehead atoms. The van der Waals surface area contributed by atoms with E-state index in [2.05, 4.69) is 15.7 Å². The molecule has 0 aliphatic heterocycles. The number of hydrogen-bond donors (Lipinski definition) is 3. The van der Waals surface area contributed by atoms with Crippen molar-refractivity contribution in [2.75, 3.05) is 10.6 Å². The highest BCUT2D eigenvalue weighted by Crippen LogP contribution is 2.18. The Balaban J connectivity index is 2.13. The molecule has 2 rings (SSSR count). The van der Waals surface area contributed by atoms with Crippen molar-refractivity contribution in [2.24, 2.45) is 7.05 Å². The number of rotatable bonds is 3. The molecule has 0 aliphatic carbocycles. The van der Waals surface area contributed by atoms with Gasteiger partial charge in [0.15, 0.2) is 0 Å². The predicted octanol–water partition coefficient (Wildman–Crippen LogP) is 2.07. The molecule has 20 heavy (non-hydrogen) atoms. The van der Waals surface area contributed by atoms with E-state index in [1.807, 2.05) is 0 Å². The molecule has 1 heterocycles. The van der Waals surface area contributed by atoms with E-state index in [1.54, 1.807) is 37.0 Å². The zero-order valence-corrected chi connectivity index (χ0v) is 11.0. The van der Waals surface area contributed by atoms with Crippen LogP contribution in [0.2, 0.25) is 0 Å². The van der Waals surface area contributed by atoms with Gasteiger partial charge in [0.1, 0.15) is 0 Å². The van der Waals surface area contributed by atoms with Crippen LogP contribution in [0.5, 0.6) is 0 Å². The summed E-state index contributed by atoms with van der Waals surface area (Å²) in [5.41, 5.74) is 1.62. The maximum absolute atomic E-state index is 11.8. The smallest absolute Gasteiger partial charge is 0.337 e. The van der Waals surface area contributed by atoms with Gasteiger partial charge in [-0.15, -0.1) is 0 Å². The van der Waals surface area contributed by atoms with Crippen molar-refractivity contribution in [1.29, 1.82) is 0 Å². The Morgan fingerprint density at radius 3 is 2.65 bits per heavy atom. The summed E-state index contributed by atoms with van der Waals surface area (Å²) in [4.78, 5) is 22.9. The number of carbonyl (C=O) groups is 2. The van der Waals surface area contributed by atoms with E-state index in [0.717, 1.165) is 5.56 Å². The van der Waals surface area contributed by atoms with Crippen LogP contribution in [0.4, 0.5) is 16.2 Å².